The van der Waals surface area contributed by atoms with Crippen molar-refractivity contribution in [3.05, 3.63) is 0 Å². The molecule has 4 heteroatoms. The highest BCUT2D eigenvalue weighted by atomic mass is 16.4. The Balaban J connectivity index is 3.77. The number of carboxylic acids is 1. The van der Waals surface area contributed by atoms with Crippen LogP contribution in [-0.4, -0.2) is 23.0 Å². The highest BCUT2D eigenvalue weighted by Crippen LogP contribution is 2.03. The fourth-order valence-electron chi connectivity index (χ4n) is 1.52. The van der Waals surface area contributed by atoms with E-state index < -0.39 is 12.0 Å². The van der Waals surface area contributed by atoms with Gasteiger partial charge in [-0.1, -0.05) is 39.5 Å². The van der Waals surface area contributed by atoms with Crippen LogP contribution in [0.1, 0.15) is 58.8 Å². The average Bonchev–Trinajstić information content (AvgIpc) is 2.23. The molecule has 0 fully saturated rings. The van der Waals surface area contributed by atoms with E-state index in [1.165, 1.54) is 0 Å². The maximum Gasteiger partial charge on any atom is 0.326 e. The van der Waals surface area contributed by atoms with Crippen LogP contribution in [0.5, 0.6) is 0 Å². The van der Waals surface area contributed by atoms with Crippen LogP contribution >= 0.6 is 0 Å². The Bertz CT molecular complexity index is 216. The molecule has 2 N–H and O–H groups in total. The van der Waals surface area contributed by atoms with Crippen molar-refractivity contribution >= 4 is 11.9 Å². The lowest BCUT2D eigenvalue weighted by atomic mass is 10.1. The van der Waals surface area contributed by atoms with Crippen molar-refractivity contribution in [1.82, 2.24) is 5.32 Å². The minimum Gasteiger partial charge on any atom is -0.480 e. The van der Waals surface area contributed by atoms with Crippen LogP contribution < -0.4 is 5.32 Å². The number of hydrogen-bond donors (Lipinski definition) is 2. The van der Waals surface area contributed by atoms with Gasteiger partial charge in [-0.05, 0) is 12.8 Å². The topological polar surface area (TPSA) is 66.4 Å². The second-order valence-corrected chi connectivity index (χ2v) is 4.06. The van der Waals surface area contributed by atoms with Gasteiger partial charge < -0.3 is 10.4 Å². The molecule has 0 aromatic carbocycles. The van der Waals surface area contributed by atoms with Gasteiger partial charge in [0, 0.05) is 6.42 Å². The number of aliphatic carboxylic acids is 1. The van der Waals surface area contributed by atoms with Gasteiger partial charge in [0.05, 0.1) is 0 Å². The zero-order valence-electron chi connectivity index (χ0n) is 10.3. The smallest absolute Gasteiger partial charge is 0.326 e. The van der Waals surface area contributed by atoms with Crippen LogP contribution in [0, 0.1) is 0 Å². The van der Waals surface area contributed by atoms with E-state index in [1.807, 2.05) is 6.92 Å². The number of amides is 1. The molecule has 4 nitrogen and oxygen atoms in total. The Kier molecular flexibility index (Phi) is 8.58. The molecular weight excluding hydrogens is 206 g/mol. The second kappa shape index (κ2) is 9.19. The first-order valence-electron chi connectivity index (χ1n) is 6.14. The fraction of sp³-hybridized carbons (Fsp3) is 0.833. The molecule has 0 bridgehead atoms. The zero-order chi connectivity index (χ0) is 12.4. The Morgan fingerprint density at radius 3 is 2.31 bits per heavy atom. The Hall–Kier alpha value is -1.06. The van der Waals surface area contributed by atoms with Gasteiger partial charge in [-0.2, -0.15) is 0 Å². The number of hydrogen-bond acceptors (Lipinski definition) is 2. The Morgan fingerprint density at radius 2 is 1.81 bits per heavy atom. The van der Waals surface area contributed by atoms with E-state index in [2.05, 4.69) is 12.2 Å². The van der Waals surface area contributed by atoms with E-state index in [9.17, 15) is 9.59 Å². The number of carboxylic acid groups (broad SMARTS) is 1. The van der Waals surface area contributed by atoms with E-state index >= 15 is 0 Å². The monoisotopic (exact) mass is 229 g/mol. The van der Waals surface area contributed by atoms with Crippen molar-refractivity contribution in [2.24, 2.45) is 0 Å². The number of carbonyl (C=O) groups is 2. The van der Waals surface area contributed by atoms with Crippen LogP contribution in [0.3, 0.4) is 0 Å². The summed E-state index contributed by atoms with van der Waals surface area (Å²) in [7, 11) is 0. The average molecular weight is 229 g/mol. The number of unbranched alkanes of at least 4 members (excludes halogenated alkanes) is 3. The van der Waals surface area contributed by atoms with Crippen molar-refractivity contribution in [3.63, 3.8) is 0 Å². The predicted octanol–water partition coefficient (Wildman–Crippen LogP) is 2.33. The lowest BCUT2D eigenvalue weighted by molar-refractivity contribution is -0.142. The molecule has 0 aromatic rings. The Morgan fingerprint density at radius 1 is 1.12 bits per heavy atom. The van der Waals surface area contributed by atoms with Crippen LogP contribution in [-0.2, 0) is 9.59 Å². The quantitative estimate of drug-likeness (QED) is 0.596. The third kappa shape index (κ3) is 7.26. The molecule has 0 aromatic heterocycles. The first-order valence-corrected chi connectivity index (χ1v) is 6.14. The van der Waals surface area contributed by atoms with Crippen molar-refractivity contribution < 1.29 is 14.7 Å². The van der Waals surface area contributed by atoms with E-state index in [4.69, 9.17) is 5.11 Å². The molecule has 0 saturated heterocycles. The molecule has 0 saturated carbocycles. The zero-order valence-corrected chi connectivity index (χ0v) is 10.3. The summed E-state index contributed by atoms with van der Waals surface area (Å²) in [4.78, 5) is 22.2. The highest BCUT2D eigenvalue weighted by Gasteiger charge is 2.17. The van der Waals surface area contributed by atoms with Gasteiger partial charge in [0.2, 0.25) is 5.91 Å². The predicted molar refractivity (Wildman–Crippen MR) is 63.2 cm³/mol. The molecule has 0 aliphatic carbocycles. The van der Waals surface area contributed by atoms with Gasteiger partial charge in [0.15, 0.2) is 0 Å². The lowest BCUT2D eigenvalue weighted by Crippen LogP contribution is -2.40. The fourth-order valence-corrected chi connectivity index (χ4v) is 1.52. The van der Waals surface area contributed by atoms with Crippen molar-refractivity contribution in [2.75, 3.05) is 0 Å². The molecule has 1 atom stereocenters. The summed E-state index contributed by atoms with van der Waals surface area (Å²) in [6.45, 7) is 4.02. The second-order valence-electron chi connectivity index (χ2n) is 4.06. The lowest BCUT2D eigenvalue weighted by Gasteiger charge is -2.13. The molecular formula is C12H23NO3. The minimum absolute atomic E-state index is 0.142. The molecule has 0 radical (unpaired) electrons. The largest absolute Gasteiger partial charge is 0.480 e. The van der Waals surface area contributed by atoms with Gasteiger partial charge in [-0.25, -0.2) is 4.79 Å². The van der Waals surface area contributed by atoms with Crippen LogP contribution in [0.4, 0.5) is 0 Å². The van der Waals surface area contributed by atoms with E-state index in [1.54, 1.807) is 0 Å². The number of rotatable bonds is 9. The normalized spacial score (nSPS) is 12.1. The maximum absolute atomic E-state index is 11.4. The van der Waals surface area contributed by atoms with Gasteiger partial charge in [0.1, 0.15) is 6.04 Å². The van der Waals surface area contributed by atoms with Gasteiger partial charge in [-0.15, -0.1) is 0 Å². The summed E-state index contributed by atoms with van der Waals surface area (Å²) in [6, 6.07) is -0.719. The first-order chi connectivity index (χ1) is 7.61. The SMILES string of the molecule is CCCCCCC(=O)N[C@H](CCC)C(=O)O. The molecule has 94 valence electrons. The Labute approximate surface area is 97.4 Å². The van der Waals surface area contributed by atoms with Crippen LogP contribution in [0.15, 0.2) is 0 Å². The molecule has 0 spiro atoms. The third-order valence-corrected chi connectivity index (χ3v) is 2.47. The standard InChI is InChI=1S/C12H23NO3/c1-3-5-6-7-9-11(14)13-10(8-4-2)12(15)16/h10H,3-9H2,1-2H3,(H,13,14)(H,15,16)/t10-/m1/s1. The van der Waals surface area contributed by atoms with Crippen LogP contribution in [0.25, 0.3) is 0 Å². The van der Waals surface area contributed by atoms with Gasteiger partial charge in [0.25, 0.3) is 0 Å². The van der Waals surface area contributed by atoms with E-state index in [0.29, 0.717) is 12.8 Å². The third-order valence-electron chi connectivity index (χ3n) is 2.47. The van der Waals surface area contributed by atoms with Crippen molar-refractivity contribution in [2.45, 2.75) is 64.8 Å². The van der Waals surface area contributed by atoms with E-state index in [-0.39, 0.29) is 5.91 Å². The van der Waals surface area contributed by atoms with Crippen LogP contribution in [0.2, 0.25) is 0 Å². The van der Waals surface area contributed by atoms with Crippen molar-refractivity contribution in [1.29, 1.82) is 0 Å². The summed E-state index contributed by atoms with van der Waals surface area (Å²) in [5.41, 5.74) is 0. The number of nitrogens with one attached hydrogen (secondary N) is 1. The summed E-state index contributed by atoms with van der Waals surface area (Å²) < 4.78 is 0. The summed E-state index contributed by atoms with van der Waals surface area (Å²) in [6.07, 6.45) is 5.84. The van der Waals surface area contributed by atoms with Gasteiger partial charge >= 0.3 is 5.97 Å². The molecule has 0 aliphatic heterocycles. The summed E-state index contributed by atoms with van der Waals surface area (Å²) in [5, 5.41) is 11.4. The van der Waals surface area contributed by atoms with E-state index in [0.717, 1.165) is 32.1 Å². The van der Waals surface area contributed by atoms with Crippen molar-refractivity contribution in [3.8, 4) is 0 Å². The molecule has 0 rings (SSSR count). The summed E-state index contributed by atoms with van der Waals surface area (Å²) in [5.74, 6) is -1.08. The molecule has 0 heterocycles. The molecule has 0 unspecified atom stereocenters. The summed E-state index contributed by atoms with van der Waals surface area (Å²) >= 11 is 0. The highest BCUT2D eigenvalue weighted by molar-refractivity contribution is 5.83. The molecule has 16 heavy (non-hydrogen) atoms. The maximum atomic E-state index is 11.4. The minimum atomic E-state index is -0.941. The number of carbonyl (C=O) groups excluding carboxylic acids is 1. The molecule has 0 aliphatic rings. The molecule has 1 amide bonds. The van der Waals surface area contributed by atoms with Gasteiger partial charge in [-0.3, -0.25) is 4.79 Å². The first kappa shape index (κ1) is 14.9.